The van der Waals surface area contributed by atoms with Crippen LogP contribution in [-0.4, -0.2) is 72.1 Å². The molecule has 2 aromatic heterocycles. The first-order valence-electron chi connectivity index (χ1n) is 11.3. The van der Waals surface area contributed by atoms with Gasteiger partial charge in [-0.15, -0.1) is 0 Å². The number of morpholine rings is 1. The fraction of sp³-hybridized carbons (Fsp3) is 0.320. The Morgan fingerprint density at radius 3 is 2.65 bits per heavy atom. The number of aromatic nitrogens is 3. The molecule has 9 nitrogen and oxygen atoms in total. The SMILES string of the molecule is CNC(=O)c1c2ccc(Oc3ccnc4cc(OCCN5CCOCC5)ccc34)cc2nn1C. The first-order chi connectivity index (χ1) is 16.6. The average Bonchev–Trinajstić information content (AvgIpc) is 3.19. The van der Waals surface area contributed by atoms with Crippen molar-refractivity contribution in [3.8, 4) is 17.2 Å². The van der Waals surface area contributed by atoms with Crippen molar-refractivity contribution in [1.82, 2.24) is 25.0 Å². The van der Waals surface area contributed by atoms with Crippen LogP contribution in [0.2, 0.25) is 0 Å². The number of carbonyl (C=O) groups is 1. The summed E-state index contributed by atoms with van der Waals surface area (Å²) in [4.78, 5) is 19.0. The highest BCUT2D eigenvalue weighted by Crippen LogP contribution is 2.32. The van der Waals surface area contributed by atoms with Crippen molar-refractivity contribution < 1.29 is 19.0 Å². The second-order valence-corrected chi connectivity index (χ2v) is 8.12. The van der Waals surface area contributed by atoms with Gasteiger partial charge in [0.05, 0.1) is 24.2 Å². The summed E-state index contributed by atoms with van der Waals surface area (Å²) < 4.78 is 19.1. The zero-order chi connectivity index (χ0) is 23.5. The van der Waals surface area contributed by atoms with Gasteiger partial charge in [0.1, 0.15) is 29.5 Å². The summed E-state index contributed by atoms with van der Waals surface area (Å²) in [5.74, 6) is 1.92. The molecule has 3 heterocycles. The summed E-state index contributed by atoms with van der Waals surface area (Å²) in [5, 5.41) is 8.77. The molecule has 1 fully saturated rings. The molecule has 0 bridgehead atoms. The molecule has 5 rings (SSSR count). The fourth-order valence-corrected chi connectivity index (χ4v) is 4.16. The number of fused-ring (bicyclic) bond motifs is 2. The van der Waals surface area contributed by atoms with E-state index in [1.165, 1.54) is 0 Å². The van der Waals surface area contributed by atoms with Crippen molar-refractivity contribution >= 4 is 27.7 Å². The Kier molecular flexibility index (Phi) is 6.29. The van der Waals surface area contributed by atoms with Gasteiger partial charge in [0.25, 0.3) is 5.91 Å². The number of carbonyl (C=O) groups excluding carboxylic acids is 1. The van der Waals surface area contributed by atoms with Crippen LogP contribution in [-0.2, 0) is 11.8 Å². The van der Waals surface area contributed by atoms with E-state index in [0.29, 0.717) is 29.3 Å². The van der Waals surface area contributed by atoms with E-state index in [0.717, 1.165) is 54.9 Å². The smallest absolute Gasteiger partial charge is 0.269 e. The van der Waals surface area contributed by atoms with Gasteiger partial charge in [-0.3, -0.25) is 19.4 Å². The van der Waals surface area contributed by atoms with Crippen LogP contribution >= 0.6 is 0 Å². The minimum absolute atomic E-state index is 0.179. The fourth-order valence-electron chi connectivity index (χ4n) is 4.16. The number of benzene rings is 2. The highest BCUT2D eigenvalue weighted by atomic mass is 16.5. The van der Waals surface area contributed by atoms with Crippen molar-refractivity contribution in [3.05, 3.63) is 54.4 Å². The number of rotatable bonds is 7. The van der Waals surface area contributed by atoms with Gasteiger partial charge in [-0.25, -0.2) is 0 Å². The zero-order valence-corrected chi connectivity index (χ0v) is 19.3. The lowest BCUT2D eigenvalue weighted by atomic mass is 10.2. The lowest BCUT2D eigenvalue weighted by Crippen LogP contribution is -2.38. The molecule has 176 valence electrons. The molecule has 34 heavy (non-hydrogen) atoms. The highest BCUT2D eigenvalue weighted by Gasteiger charge is 2.16. The number of amides is 1. The van der Waals surface area contributed by atoms with Gasteiger partial charge in [0.15, 0.2) is 0 Å². The van der Waals surface area contributed by atoms with Gasteiger partial charge >= 0.3 is 0 Å². The van der Waals surface area contributed by atoms with Crippen LogP contribution in [0.5, 0.6) is 17.2 Å². The maximum absolute atomic E-state index is 12.2. The normalized spacial score (nSPS) is 14.4. The van der Waals surface area contributed by atoms with Gasteiger partial charge in [-0.05, 0) is 30.3 Å². The van der Waals surface area contributed by atoms with Gasteiger partial charge in [0.2, 0.25) is 0 Å². The molecule has 1 saturated heterocycles. The molecule has 0 atom stereocenters. The summed E-state index contributed by atoms with van der Waals surface area (Å²) in [6.45, 7) is 4.94. The molecular weight excluding hydrogens is 434 g/mol. The van der Waals surface area contributed by atoms with E-state index in [4.69, 9.17) is 14.2 Å². The number of nitrogens with zero attached hydrogens (tertiary/aromatic N) is 4. The maximum Gasteiger partial charge on any atom is 0.269 e. The standard InChI is InChI=1S/C25H27N5O4/c1-26-25(31)24-20-6-4-18(16-22(20)28-29(24)2)34-23-7-8-27-21-15-17(3-5-19(21)23)33-14-11-30-9-12-32-13-10-30/h3-8,15-16H,9-14H2,1-2H3,(H,26,31). The van der Waals surface area contributed by atoms with Crippen LogP contribution in [0.15, 0.2) is 48.7 Å². The van der Waals surface area contributed by atoms with E-state index in [1.54, 1.807) is 25.0 Å². The molecule has 1 N–H and O–H groups in total. The molecule has 0 saturated carbocycles. The molecule has 1 amide bonds. The highest BCUT2D eigenvalue weighted by molar-refractivity contribution is 6.05. The van der Waals surface area contributed by atoms with Crippen LogP contribution in [0.4, 0.5) is 0 Å². The van der Waals surface area contributed by atoms with E-state index >= 15 is 0 Å². The molecule has 9 heteroatoms. The zero-order valence-electron chi connectivity index (χ0n) is 19.3. The van der Waals surface area contributed by atoms with Crippen molar-refractivity contribution in [2.45, 2.75) is 0 Å². The third-order valence-corrected chi connectivity index (χ3v) is 5.93. The number of hydrogen-bond acceptors (Lipinski definition) is 7. The summed E-state index contributed by atoms with van der Waals surface area (Å²) in [5.41, 5.74) is 2.00. The molecule has 0 unspecified atom stereocenters. The van der Waals surface area contributed by atoms with Crippen LogP contribution in [0.25, 0.3) is 21.8 Å². The topological polar surface area (TPSA) is 90.7 Å². The molecule has 1 aliphatic rings. The maximum atomic E-state index is 12.2. The molecule has 0 spiro atoms. The Hall–Kier alpha value is -3.69. The van der Waals surface area contributed by atoms with Gasteiger partial charge < -0.3 is 19.5 Å². The third-order valence-electron chi connectivity index (χ3n) is 5.93. The molecule has 0 radical (unpaired) electrons. The number of hydrogen-bond donors (Lipinski definition) is 1. The molecule has 1 aliphatic heterocycles. The minimum atomic E-state index is -0.179. The first kappa shape index (κ1) is 22.1. The number of pyridine rings is 1. The Bertz CT molecular complexity index is 1330. The van der Waals surface area contributed by atoms with Gasteiger partial charge in [-0.1, -0.05) is 0 Å². The summed E-state index contributed by atoms with van der Waals surface area (Å²) in [6, 6.07) is 13.2. The largest absolute Gasteiger partial charge is 0.492 e. The average molecular weight is 462 g/mol. The van der Waals surface area contributed by atoms with Crippen molar-refractivity contribution in [1.29, 1.82) is 0 Å². The molecule has 0 aliphatic carbocycles. The molecule has 2 aromatic carbocycles. The van der Waals surface area contributed by atoms with E-state index < -0.39 is 0 Å². The summed E-state index contributed by atoms with van der Waals surface area (Å²) in [6.07, 6.45) is 1.72. The minimum Gasteiger partial charge on any atom is -0.492 e. The second-order valence-electron chi connectivity index (χ2n) is 8.12. The predicted octanol–water partition coefficient (Wildman–Crippen LogP) is 2.98. The second kappa shape index (κ2) is 9.66. The van der Waals surface area contributed by atoms with E-state index in [-0.39, 0.29) is 5.91 Å². The van der Waals surface area contributed by atoms with Crippen LogP contribution in [0.3, 0.4) is 0 Å². The van der Waals surface area contributed by atoms with Crippen molar-refractivity contribution in [3.63, 3.8) is 0 Å². The number of ether oxygens (including phenoxy) is 3. The van der Waals surface area contributed by atoms with Crippen molar-refractivity contribution in [2.75, 3.05) is 46.5 Å². The van der Waals surface area contributed by atoms with E-state index in [9.17, 15) is 4.79 Å². The van der Waals surface area contributed by atoms with E-state index in [1.807, 2.05) is 42.5 Å². The van der Waals surface area contributed by atoms with Crippen molar-refractivity contribution in [2.24, 2.45) is 7.05 Å². The summed E-state index contributed by atoms with van der Waals surface area (Å²) >= 11 is 0. The van der Waals surface area contributed by atoms with Crippen LogP contribution < -0.4 is 14.8 Å². The van der Waals surface area contributed by atoms with Gasteiger partial charge in [0, 0.05) is 62.8 Å². The number of aryl methyl sites for hydroxylation is 1. The quantitative estimate of drug-likeness (QED) is 0.452. The lowest BCUT2D eigenvalue weighted by molar-refractivity contribution is 0.0322. The first-order valence-corrected chi connectivity index (χ1v) is 11.3. The Morgan fingerprint density at radius 2 is 1.82 bits per heavy atom. The van der Waals surface area contributed by atoms with Crippen LogP contribution in [0.1, 0.15) is 10.5 Å². The Morgan fingerprint density at radius 1 is 1.06 bits per heavy atom. The Balaban J connectivity index is 1.32. The van der Waals surface area contributed by atoms with Gasteiger partial charge in [-0.2, -0.15) is 5.10 Å². The third kappa shape index (κ3) is 4.52. The predicted molar refractivity (Wildman–Crippen MR) is 129 cm³/mol. The molecule has 4 aromatic rings. The number of nitrogens with one attached hydrogen (secondary N) is 1. The molecular formula is C25H27N5O4. The van der Waals surface area contributed by atoms with E-state index in [2.05, 4.69) is 20.3 Å². The Labute approximate surface area is 197 Å². The van der Waals surface area contributed by atoms with Crippen LogP contribution in [0, 0.1) is 0 Å². The monoisotopic (exact) mass is 461 g/mol. The lowest BCUT2D eigenvalue weighted by Gasteiger charge is -2.26. The summed E-state index contributed by atoms with van der Waals surface area (Å²) in [7, 11) is 3.36.